The largest absolute Gasteiger partial charge is 0.456 e. The summed E-state index contributed by atoms with van der Waals surface area (Å²) in [7, 11) is 0. The van der Waals surface area contributed by atoms with Gasteiger partial charge in [0.2, 0.25) is 5.95 Å². The number of amides is 1. The van der Waals surface area contributed by atoms with Crippen LogP contribution in [0.3, 0.4) is 0 Å². The molecule has 0 aliphatic carbocycles. The Bertz CT molecular complexity index is 1240. The van der Waals surface area contributed by atoms with Crippen molar-refractivity contribution in [2.75, 3.05) is 5.73 Å². The Kier molecular flexibility index (Phi) is 5.44. The first-order valence-corrected chi connectivity index (χ1v) is 9.44. The van der Waals surface area contributed by atoms with Crippen molar-refractivity contribution in [2.45, 2.75) is 6.61 Å². The average Bonchev–Trinajstić information content (AvgIpc) is 3.25. The van der Waals surface area contributed by atoms with E-state index in [9.17, 15) is 9.59 Å². The van der Waals surface area contributed by atoms with E-state index in [2.05, 4.69) is 9.97 Å². The van der Waals surface area contributed by atoms with E-state index < -0.39 is 12.0 Å². The molecule has 4 aromatic rings. The molecule has 4 rings (SSSR count). The molecule has 0 bridgehead atoms. The molecule has 0 aliphatic heterocycles. The summed E-state index contributed by atoms with van der Waals surface area (Å²) in [5.41, 5.74) is 14.6. The standard InChI is InChI=1S/C23H19N5O3/c24-22-26-12-18(16-9-5-2-6-10-16)20(27-22)17-11-19(28(13-17)23(25)30)21(29)31-14-15-7-3-1-4-8-15/h1-13H,14H2,(H2,25,30)(H2,24,26,27). The molecule has 0 radical (unpaired) electrons. The normalized spacial score (nSPS) is 10.6. The van der Waals surface area contributed by atoms with E-state index in [1.807, 2.05) is 60.7 Å². The fourth-order valence-electron chi connectivity index (χ4n) is 3.17. The number of hydrogen-bond acceptors (Lipinski definition) is 6. The van der Waals surface area contributed by atoms with Crippen LogP contribution in [0.4, 0.5) is 10.7 Å². The van der Waals surface area contributed by atoms with Crippen LogP contribution in [0.25, 0.3) is 22.4 Å². The molecule has 0 saturated heterocycles. The molecule has 0 unspecified atom stereocenters. The van der Waals surface area contributed by atoms with Crippen LogP contribution in [0.1, 0.15) is 16.1 Å². The van der Waals surface area contributed by atoms with Gasteiger partial charge in [-0.15, -0.1) is 0 Å². The third kappa shape index (κ3) is 4.27. The van der Waals surface area contributed by atoms with Crippen molar-refractivity contribution in [3.05, 3.63) is 90.4 Å². The van der Waals surface area contributed by atoms with Crippen LogP contribution in [-0.2, 0) is 11.3 Å². The number of hydrogen-bond donors (Lipinski definition) is 2. The van der Waals surface area contributed by atoms with Gasteiger partial charge >= 0.3 is 12.0 Å². The van der Waals surface area contributed by atoms with Crippen molar-refractivity contribution >= 4 is 17.9 Å². The first-order chi connectivity index (χ1) is 15.0. The summed E-state index contributed by atoms with van der Waals surface area (Å²) in [6.07, 6.45) is 3.04. The zero-order chi connectivity index (χ0) is 21.8. The number of benzene rings is 2. The minimum atomic E-state index is -0.818. The number of anilines is 1. The highest BCUT2D eigenvalue weighted by Crippen LogP contribution is 2.31. The van der Waals surface area contributed by atoms with Gasteiger partial charge < -0.3 is 16.2 Å². The average molecular weight is 413 g/mol. The number of carbonyl (C=O) groups is 2. The SMILES string of the molecule is NC(=O)n1cc(-c2nc(N)ncc2-c2ccccc2)cc1C(=O)OCc1ccccc1. The molecule has 2 heterocycles. The van der Waals surface area contributed by atoms with Crippen LogP contribution in [-0.4, -0.2) is 26.5 Å². The van der Waals surface area contributed by atoms with E-state index in [1.165, 1.54) is 12.3 Å². The molecule has 0 saturated carbocycles. The maximum absolute atomic E-state index is 12.7. The molecule has 0 aliphatic rings. The van der Waals surface area contributed by atoms with Crippen LogP contribution in [0.5, 0.6) is 0 Å². The van der Waals surface area contributed by atoms with Gasteiger partial charge in [0, 0.05) is 23.5 Å². The molecule has 31 heavy (non-hydrogen) atoms. The highest BCUT2D eigenvalue weighted by molar-refractivity contribution is 5.96. The van der Waals surface area contributed by atoms with Crippen molar-refractivity contribution in [2.24, 2.45) is 5.73 Å². The zero-order valence-electron chi connectivity index (χ0n) is 16.4. The van der Waals surface area contributed by atoms with E-state index in [0.717, 1.165) is 15.7 Å². The molecular weight excluding hydrogens is 394 g/mol. The summed E-state index contributed by atoms with van der Waals surface area (Å²) >= 11 is 0. The van der Waals surface area contributed by atoms with E-state index >= 15 is 0 Å². The molecule has 0 fully saturated rings. The Morgan fingerprint density at radius 2 is 1.65 bits per heavy atom. The number of ether oxygens (including phenoxy) is 1. The Morgan fingerprint density at radius 3 is 2.32 bits per heavy atom. The Balaban J connectivity index is 1.72. The van der Waals surface area contributed by atoms with Crippen molar-refractivity contribution < 1.29 is 14.3 Å². The molecule has 2 aromatic carbocycles. The van der Waals surface area contributed by atoms with Gasteiger partial charge in [0.1, 0.15) is 12.3 Å². The first kappa shape index (κ1) is 19.8. The third-order valence-corrected chi connectivity index (χ3v) is 4.64. The number of esters is 1. The van der Waals surface area contributed by atoms with Gasteiger partial charge in [-0.2, -0.15) is 0 Å². The quantitative estimate of drug-likeness (QED) is 0.482. The lowest BCUT2D eigenvalue weighted by Gasteiger charge is -2.07. The Morgan fingerprint density at radius 1 is 0.968 bits per heavy atom. The van der Waals surface area contributed by atoms with E-state index in [4.69, 9.17) is 16.2 Å². The third-order valence-electron chi connectivity index (χ3n) is 4.64. The first-order valence-electron chi connectivity index (χ1n) is 9.44. The number of nitrogen functional groups attached to an aromatic ring is 1. The maximum atomic E-state index is 12.7. The van der Waals surface area contributed by atoms with E-state index in [1.54, 1.807) is 6.20 Å². The number of primary amides is 1. The monoisotopic (exact) mass is 413 g/mol. The Hall–Kier alpha value is -4.46. The summed E-state index contributed by atoms with van der Waals surface area (Å²) in [5.74, 6) is -0.619. The Labute approximate surface area is 178 Å². The molecule has 0 spiro atoms. The molecular formula is C23H19N5O3. The highest BCUT2D eigenvalue weighted by Gasteiger charge is 2.21. The van der Waals surface area contributed by atoms with Crippen molar-refractivity contribution in [1.29, 1.82) is 0 Å². The van der Waals surface area contributed by atoms with Crippen LogP contribution >= 0.6 is 0 Å². The summed E-state index contributed by atoms with van der Waals surface area (Å²) < 4.78 is 6.41. The molecule has 8 nitrogen and oxygen atoms in total. The van der Waals surface area contributed by atoms with Crippen LogP contribution in [0, 0.1) is 0 Å². The summed E-state index contributed by atoms with van der Waals surface area (Å²) in [6.45, 7) is 0.0642. The molecule has 1 amide bonds. The summed E-state index contributed by atoms with van der Waals surface area (Å²) in [5, 5.41) is 0. The van der Waals surface area contributed by atoms with Gasteiger partial charge in [-0.1, -0.05) is 60.7 Å². The molecule has 8 heteroatoms. The number of rotatable bonds is 5. The van der Waals surface area contributed by atoms with Crippen LogP contribution < -0.4 is 11.5 Å². The minimum Gasteiger partial charge on any atom is -0.456 e. The predicted octanol–water partition coefficient (Wildman–Crippen LogP) is 3.48. The molecule has 0 atom stereocenters. The number of aromatic nitrogens is 3. The number of nitrogens with two attached hydrogens (primary N) is 2. The van der Waals surface area contributed by atoms with Gasteiger partial charge in [-0.25, -0.2) is 19.6 Å². The lowest BCUT2D eigenvalue weighted by Crippen LogP contribution is -2.23. The molecule has 154 valence electrons. The van der Waals surface area contributed by atoms with Gasteiger partial charge in [0.05, 0.1) is 5.69 Å². The lowest BCUT2D eigenvalue weighted by molar-refractivity contribution is 0.0462. The van der Waals surface area contributed by atoms with Gasteiger partial charge in [0.15, 0.2) is 0 Å². The molecule has 4 N–H and O–H groups in total. The minimum absolute atomic E-state index is 0.00498. The van der Waals surface area contributed by atoms with Crippen LogP contribution in [0.2, 0.25) is 0 Å². The second-order valence-electron chi connectivity index (χ2n) is 6.74. The smallest absolute Gasteiger partial charge is 0.355 e. The fraction of sp³-hybridized carbons (Fsp3) is 0.0435. The second kappa shape index (κ2) is 8.50. The zero-order valence-corrected chi connectivity index (χ0v) is 16.4. The predicted molar refractivity (Wildman–Crippen MR) is 116 cm³/mol. The maximum Gasteiger partial charge on any atom is 0.355 e. The van der Waals surface area contributed by atoms with Gasteiger partial charge in [-0.3, -0.25) is 4.57 Å². The topological polar surface area (TPSA) is 126 Å². The highest BCUT2D eigenvalue weighted by atomic mass is 16.5. The van der Waals surface area contributed by atoms with Gasteiger partial charge in [-0.05, 0) is 17.2 Å². The van der Waals surface area contributed by atoms with Crippen LogP contribution in [0.15, 0.2) is 79.1 Å². The lowest BCUT2D eigenvalue weighted by atomic mass is 10.0. The van der Waals surface area contributed by atoms with Crippen molar-refractivity contribution in [3.63, 3.8) is 0 Å². The summed E-state index contributed by atoms with van der Waals surface area (Å²) in [6, 6.07) is 19.4. The van der Waals surface area contributed by atoms with E-state index in [0.29, 0.717) is 16.8 Å². The van der Waals surface area contributed by atoms with Gasteiger partial charge in [0.25, 0.3) is 0 Å². The van der Waals surface area contributed by atoms with Crippen molar-refractivity contribution in [1.82, 2.24) is 14.5 Å². The molecule has 2 aromatic heterocycles. The van der Waals surface area contributed by atoms with E-state index in [-0.39, 0.29) is 18.2 Å². The summed E-state index contributed by atoms with van der Waals surface area (Å²) in [4.78, 5) is 33.1. The number of nitrogens with zero attached hydrogens (tertiary/aromatic N) is 3. The van der Waals surface area contributed by atoms with Crippen molar-refractivity contribution in [3.8, 4) is 22.4 Å². The number of carbonyl (C=O) groups excluding carboxylic acids is 2. The fourth-order valence-corrected chi connectivity index (χ4v) is 3.17. The second-order valence-corrected chi connectivity index (χ2v) is 6.74.